The Morgan fingerprint density at radius 2 is 1.83 bits per heavy atom. The van der Waals surface area contributed by atoms with Gasteiger partial charge in [-0.1, -0.05) is 13.8 Å². The van der Waals surface area contributed by atoms with Crippen molar-refractivity contribution in [3.05, 3.63) is 0 Å². The average molecular weight is 320 g/mol. The number of hydrogen-bond acceptors (Lipinski definition) is 3. The normalized spacial score (nSPS) is 66.4. The van der Waals surface area contributed by atoms with Crippen LogP contribution in [0.3, 0.4) is 0 Å². The highest BCUT2D eigenvalue weighted by Crippen LogP contribution is 2.77. The summed E-state index contributed by atoms with van der Waals surface area (Å²) >= 11 is 0. The van der Waals surface area contributed by atoms with Crippen molar-refractivity contribution in [2.45, 2.75) is 83.5 Å². The van der Waals surface area contributed by atoms with Gasteiger partial charge in [-0.15, -0.1) is 0 Å². The Kier molecular flexibility index (Phi) is 2.74. The summed E-state index contributed by atoms with van der Waals surface area (Å²) in [6.07, 6.45) is 8.95. The maximum atomic E-state index is 10.8. The molecule has 5 aliphatic rings. The van der Waals surface area contributed by atoms with Crippen molar-refractivity contribution in [1.29, 1.82) is 0 Å². The molecule has 0 amide bonds. The van der Waals surface area contributed by atoms with Gasteiger partial charge in [-0.25, -0.2) is 0 Å². The fourth-order valence-electron chi connectivity index (χ4n) is 8.23. The van der Waals surface area contributed by atoms with E-state index in [4.69, 9.17) is 4.74 Å². The molecule has 0 aromatic rings. The third-order valence-electron chi connectivity index (χ3n) is 9.62. The highest BCUT2D eigenvalue weighted by atomic mass is 16.6. The number of epoxide rings is 1. The summed E-state index contributed by atoms with van der Waals surface area (Å²) in [5.74, 6) is 1.83. The predicted molar refractivity (Wildman–Crippen MR) is 87.8 cm³/mol. The Hall–Kier alpha value is -0.120. The zero-order valence-electron chi connectivity index (χ0n) is 14.8. The number of rotatable bonds is 1. The number of aliphatic hydroxyl groups excluding tert-OH is 1. The number of aliphatic hydroxyl groups is 2. The second-order valence-corrected chi connectivity index (χ2v) is 10.4. The minimum absolute atomic E-state index is 0.0601. The summed E-state index contributed by atoms with van der Waals surface area (Å²) in [6.45, 7) is 7.14. The molecule has 9 atom stereocenters. The first-order chi connectivity index (χ1) is 10.8. The maximum Gasteiger partial charge on any atom is 0.0920 e. The zero-order valence-corrected chi connectivity index (χ0v) is 14.8. The Balaban J connectivity index is 1.59. The molecule has 1 saturated heterocycles. The Morgan fingerprint density at radius 1 is 1.04 bits per heavy atom. The monoisotopic (exact) mass is 320 g/mol. The molecule has 1 spiro atoms. The number of fused-ring (bicyclic) bond motifs is 3. The van der Waals surface area contributed by atoms with E-state index in [1.54, 1.807) is 0 Å². The van der Waals surface area contributed by atoms with Crippen molar-refractivity contribution in [2.75, 3.05) is 6.61 Å². The van der Waals surface area contributed by atoms with Gasteiger partial charge in [-0.2, -0.15) is 0 Å². The van der Waals surface area contributed by atoms with Crippen LogP contribution >= 0.6 is 0 Å². The molecule has 1 aliphatic heterocycles. The van der Waals surface area contributed by atoms with E-state index in [1.807, 2.05) is 0 Å². The van der Waals surface area contributed by atoms with Gasteiger partial charge in [0.2, 0.25) is 0 Å². The van der Waals surface area contributed by atoms with Crippen molar-refractivity contribution in [2.24, 2.45) is 34.0 Å². The van der Waals surface area contributed by atoms with Crippen molar-refractivity contribution in [3.8, 4) is 0 Å². The lowest BCUT2D eigenvalue weighted by Crippen LogP contribution is -2.61. The van der Waals surface area contributed by atoms with Crippen LogP contribution in [0, 0.1) is 34.0 Å². The highest BCUT2D eigenvalue weighted by molar-refractivity contribution is 5.22. The topological polar surface area (TPSA) is 53.0 Å². The molecule has 23 heavy (non-hydrogen) atoms. The van der Waals surface area contributed by atoms with Crippen LogP contribution in [-0.2, 0) is 4.74 Å². The van der Waals surface area contributed by atoms with Crippen molar-refractivity contribution >= 4 is 0 Å². The van der Waals surface area contributed by atoms with E-state index >= 15 is 0 Å². The van der Waals surface area contributed by atoms with E-state index in [2.05, 4.69) is 20.8 Å². The van der Waals surface area contributed by atoms with Crippen LogP contribution in [0.15, 0.2) is 0 Å². The molecule has 5 fully saturated rings. The van der Waals surface area contributed by atoms with Crippen molar-refractivity contribution in [3.63, 3.8) is 0 Å². The van der Waals surface area contributed by atoms with Crippen LogP contribution in [0.2, 0.25) is 0 Å². The second kappa shape index (κ2) is 4.16. The zero-order chi connectivity index (χ0) is 16.3. The first-order valence-corrected chi connectivity index (χ1v) is 9.76. The minimum Gasteiger partial charge on any atom is -0.396 e. The van der Waals surface area contributed by atoms with Crippen LogP contribution in [0.4, 0.5) is 0 Å². The molecule has 4 aliphatic carbocycles. The van der Waals surface area contributed by atoms with Crippen molar-refractivity contribution in [1.82, 2.24) is 0 Å². The molecule has 4 saturated carbocycles. The second-order valence-electron chi connectivity index (χ2n) is 10.4. The van der Waals surface area contributed by atoms with Gasteiger partial charge in [-0.3, -0.25) is 0 Å². The fraction of sp³-hybridized carbons (Fsp3) is 1.00. The van der Waals surface area contributed by atoms with Crippen LogP contribution < -0.4 is 0 Å². The van der Waals surface area contributed by atoms with Gasteiger partial charge in [0.1, 0.15) is 0 Å². The highest BCUT2D eigenvalue weighted by Gasteiger charge is 2.74. The Labute approximate surface area is 139 Å². The Bertz CT molecular complexity index is 545. The van der Waals surface area contributed by atoms with E-state index in [1.165, 1.54) is 38.5 Å². The molecule has 0 aromatic carbocycles. The molecule has 2 bridgehead atoms. The van der Waals surface area contributed by atoms with Gasteiger partial charge in [0.25, 0.3) is 0 Å². The molecule has 1 heterocycles. The van der Waals surface area contributed by atoms with Crippen molar-refractivity contribution < 1.29 is 14.9 Å². The van der Waals surface area contributed by atoms with Gasteiger partial charge in [0.15, 0.2) is 0 Å². The van der Waals surface area contributed by atoms with Crippen LogP contribution in [0.1, 0.15) is 65.7 Å². The van der Waals surface area contributed by atoms with Gasteiger partial charge in [-0.05, 0) is 80.5 Å². The molecule has 0 radical (unpaired) electrons. The van der Waals surface area contributed by atoms with Gasteiger partial charge >= 0.3 is 0 Å². The van der Waals surface area contributed by atoms with Gasteiger partial charge < -0.3 is 14.9 Å². The van der Waals surface area contributed by atoms with E-state index in [0.717, 1.165) is 12.3 Å². The quantitative estimate of drug-likeness (QED) is 0.730. The van der Waals surface area contributed by atoms with E-state index in [9.17, 15) is 10.2 Å². The van der Waals surface area contributed by atoms with E-state index < -0.39 is 5.60 Å². The van der Waals surface area contributed by atoms with Gasteiger partial charge in [0.05, 0.1) is 24.4 Å². The lowest BCUT2D eigenvalue weighted by Gasteiger charge is -2.64. The largest absolute Gasteiger partial charge is 0.396 e. The third-order valence-corrected chi connectivity index (χ3v) is 9.62. The summed E-state index contributed by atoms with van der Waals surface area (Å²) in [6, 6.07) is 0. The third kappa shape index (κ3) is 1.58. The lowest BCUT2D eigenvalue weighted by atomic mass is 9.39. The van der Waals surface area contributed by atoms with Crippen LogP contribution in [0.5, 0.6) is 0 Å². The molecule has 3 heteroatoms. The maximum absolute atomic E-state index is 10.8. The standard InChI is InChI=1S/C20H32O3/c1-17(11-21)15-5-4-12-8-13-9-20(12,7-6-19(13,3)22)18(15,2)10-14-16(17)23-14/h12-16,21-22H,4-11H2,1-3H3/t12-,13-,14-,15+,16-,17+,18+,19-,20+/m1/s1. The number of ether oxygens (including phenoxy) is 1. The lowest BCUT2D eigenvalue weighted by molar-refractivity contribution is -0.174. The van der Waals surface area contributed by atoms with Gasteiger partial charge in [0, 0.05) is 5.41 Å². The fourth-order valence-corrected chi connectivity index (χ4v) is 8.23. The summed E-state index contributed by atoms with van der Waals surface area (Å²) in [4.78, 5) is 0. The molecule has 0 unspecified atom stereocenters. The summed E-state index contributed by atoms with van der Waals surface area (Å²) in [5.41, 5.74) is 0.143. The molecule has 130 valence electrons. The molecule has 2 N–H and O–H groups in total. The summed E-state index contributed by atoms with van der Waals surface area (Å²) < 4.78 is 6.06. The summed E-state index contributed by atoms with van der Waals surface area (Å²) in [7, 11) is 0. The van der Waals surface area contributed by atoms with Crippen LogP contribution in [0.25, 0.3) is 0 Å². The Morgan fingerprint density at radius 3 is 2.57 bits per heavy atom. The molecule has 0 aromatic heterocycles. The van der Waals surface area contributed by atoms with Crippen LogP contribution in [-0.4, -0.2) is 34.6 Å². The first kappa shape index (κ1) is 15.2. The average Bonchev–Trinajstić information content (AvgIpc) is 3.17. The minimum atomic E-state index is -0.456. The molecule has 5 rings (SSSR count). The molecular formula is C20H32O3. The van der Waals surface area contributed by atoms with E-state index in [-0.39, 0.29) is 17.4 Å². The van der Waals surface area contributed by atoms with E-state index in [0.29, 0.717) is 29.5 Å². The number of hydrogen-bond donors (Lipinski definition) is 2. The first-order valence-electron chi connectivity index (χ1n) is 9.76. The predicted octanol–water partition coefficient (Wildman–Crippen LogP) is 3.13. The molecular weight excluding hydrogens is 288 g/mol. The smallest absolute Gasteiger partial charge is 0.0920 e. The SMILES string of the molecule is C[C@@]1(CO)[C@@H]2O[C@@H]2C[C@@]2(C)[C@H]1CC[C@@H]1C[C@@H]3C[C@@]12CC[C@@]3(C)O. The molecule has 3 nitrogen and oxygen atoms in total. The summed E-state index contributed by atoms with van der Waals surface area (Å²) in [5, 5.41) is 21.1.